The lowest BCUT2D eigenvalue weighted by atomic mass is 9.85. The molecular weight excluding hydrogens is 277 g/mol. The van der Waals surface area contributed by atoms with Crippen molar-refractivity contribution in [2.24, 2.45) is 5.92 Å². The van der Waals surface area contributed by atoms with Crippen LogP contribution in [0.4, 0.5) is 5.95 Å². The standard InChI is InChI=1S/C10H13BrClN3/c1-6-9(11)5-14-10(15-6)13-4-7-2-8(12)3-7/h5,7-8H,2-4H2,1H3,(H,13,14,15). The van der Waals surface area contributed by atoms with E-state index in [1.54, 1.807) is 6.20 Å². The SMILES string of the molecule is Cc1nc(NCC2CC(Cl)C2)ncc1Br. The van der Waals surface area contributed by atoms with Gasteiger partial charge in [0.1, 0.15) is 0 Å². The summed E-state index contributed by atoms with van der Waals surface area (Å²) in [5, 5.41) is 3.61. The fraction of sp³-hybridized carbons (Fsp3) is 0.600. The molecule has 0 spiro atoms. The van der Waals surface area contributed by atoms with Gasteiger partial charge in [-0.1, -0.05) is 0 Å². The number of hydrogen-bond acceptors (Lipinski definition) is 3. The second-order valence-corrected chi connectivity index (χ2v) is 5.41. The van der Waals surface area contributed by atoms with Gasteiger partial charge in [0.05, 0.1) is 10.2 Å². The van der Waals surface area contributed by atoms with Crippen molar-refractivity contribution in [2.45, 2.75) is 25.1 Å². The van der Waals surface area contributed by atoms with Crippen LogP contribution < -0.4 is 5.32 Å². The normalized spacial score (nSPS) is 24.7. The third-order valence-corrected chi connectivity index (χ3v) is 3.78. The number of nitrogens with one attached hydrogen (secondary N) is 1. The van der Waals surface area contributed by atoms with E-state index in [2.05, 4.69) is 31.2 Å². The average Bonchev–Trinajstić information content (AvgIpc) is 2.16. The number of nitrogens with zero attached hydrogens (tertiary/aromatic N) is 2. The van der Waals surface area contributed by atoms with E-state index in [1.165, 1.54) is 0 Å². The maximum absolute atomic E-state index is 5.91. The van der Waals surface area contributed by atoms with E-state index in [-0.39, 0.29) is 0 Å². The summed E-state index contributed by atoms with van der Waals surface area (Å²) in [6.45, 7) is 2.87. The van der Waals surface area contributed by atoms with Crippen LogP contribution in [0.5, 0.6) is 0 Å². The van der Waals surface area contributed by atoms with Crippen molar-refractivity contribution in [3.8, 4) is 0 Å². The first-order chi connectivity index (χ1) is 7.15. The van der Waals surface area contributed by atoms with Crippen LogP contribution in [0, 0.1) is 12.8 Å². The minimum absolute atomic E-state index is 0.379. The summed E-state index contributed by atoms with van der Waals surface area (Å²) in [6, 6.07) is 0. The smallest absolute Gasteiger partial charge is 0.222 e. The van der Waals surface area contributed by atoms with Crippen LogP contribution in [0.15, 0.2) is 10.7 Å². The Bertz CT molecular complexity index is 353. The van der Waals surface area contributed by atoms with Crippen LogP contribution in [0.1, 0.15) is 18.5 Å². The highest BCUT2D eigenvalue weighted by Gasteiger charge is 2.26. The molecule has 0 amide bonds. The van der Waals surface area contributed by atoms with Crippen LogP contribution in [0.2, 0.25) is 0 Å². The van der Waals surface area contributed by atoms with Gasteiger partial charge in [-0.25, -0.2) is 9.97 Å². The van der Waals surface area contributed by atoms with E-state index < -0.39 is 0 Å². The molecule has 1 aromatic heterocycles. The van der Waals surface area contributed by atoms with E-state index in [1.807, 2.05) is 6.92 Å². The quantitative estimate of drug-likeness (QED) is 0.870. The minimum atomic E-state index is 0.379. The van der Waals surface area contributed by atoms with Gasteiger partial charge in [-0.3, -0.25) is 0 Å². The third kappa shape index (κ3) is 2.82. The first kappa shape index (κ1) is 11.1. The number of hydrogen-bond donors (Lipinski definition) is 1. The summed E-state index contributed by atoms with van der Waals surface area (Å²) in [5.41, 5.74) is 0.955. The number of aryl methyl sites for hydroxylation is 1. The van der Waals surface area contributed by atoms with E-state index >= 15 is 0 Å². The Morgan fingerprint density at radius 1 is 1.60 bits per heavy atom. The molecule has 0 radical (unpaired) electrons. The summed E-state index contributed by atoms with van der Waals surface area (Å²) < 4.78 is 0.942. The average molecular weight is 291 g/mol. The predicted octanol–water partition coefficient (Wildman–Crippen LogP) is 2.98. The lowest BCUT2D eigenvalue weighted by molar-refractivity contribution is 0.341. The van der Waals surface area contributed by atoms with Gasteiger partial charge in [0.25, 0.3) is 0 Å². The Morgan fingerprint density at radius 3 is 2.93 bits per heavy atom. The van der Waals surface area contributed by atoms with E-state index in [0.717, 1.165) is 29.6 Å². The van der Waals surface area contributed by atoms with E-state index in [9.17, 15) is 0 Å². The maximum atomic E-state index is 5.91. The zero-order chi connectivity index (χ0) is 10.8. The summed E-state index contributed by atoms with van der Waals surface area (Å²) in [7, 11) is 0. The fourth-order valence-electron chi connectivity index (χ4n) is 1.59. The molecule has 1 aromatic rings. The van der Waals surface area contributed by atoms with Gasteiger partial charge in [-0.15, -0.1) is 11.6 Å². The topological polar surface area (TPSA) is 37.8 Å². The fourth-order valence-corrected chi connectivity index (χ4v) is 2.29. The lowest BCUT2D eigenvalue weighted by Gasteiger charge is -2.30. The number of anilines is 1. The Balaban J connectivity index is 1.86. The first-order valence-electron chi connectivity index (χ1n) is 5.02. The van der Waals surface area contributed by atoms with Crippen molar-refractivity contribution in [1.29, 1.82) is 0 Å². The molecule has 15 heavy (non-hydrogen) atoms. The summed E-state index contributed by atoms with van der Waals surface area (Å²) in [5.74, 6) is 1.38. The molecule has 2 rings (SSSR count). The highest BCUT2D eigenvalue weighted by Crippen LogP contribution is 2.31. The van der Waals surface area contributed by atoms with Gasteiger partial charge in [0.2, 0.25) is 5.95 Å². The molecule has 1 heterocycles. The van der Waals surface area contributed by atoms with Gasteiger partial charge in [0.15, 0.2) is 0 Å². The van der Waals surface area contributed by atoms with Crippen molar-refractivity contribution in [3.63, 3.8) is 0 Å². The molecule has 1 N–H and O–H groups in total. The highest BCUT2D eigenvalue weighted by molar-refractivity contribution is 9.10. The molecule has 3 nitrogen and oxygen atoms in total. The Kier molecular flexibility index (Phi) is 3.46. The molecule has 1 aliphatic rings. The Labute approximate surface area is 103 Å². The van der Waals surface area contributed by atoms with Crippen LogP contribution in [0.3, 0.4) is 0 Å². The lowest BCUT2D eigenvalue weighted by Crippen LogP contribution is -2.30. The zero-order valence-electron chi connectivity index (χ0n) is 8.50. The second-order valence-electron chi connectivity index (χ2n) is 3.94. The summed E-state index contributed by atoms with van der Waals surface area (Å²) >= 11 is 9.28. The monoisotopic (exact) mass is 289 g/mol. The van der Waals surface area contributed by atoms with Gasteiger partial charge in [0, 0.05) is 18.1 Å². The van der Waals surface area contributed by atoms with Gasteiger partial charge >= 0.3 is 0 Å². The molecule has 0 bridgehead atoms. The molecule has 1 fully saturated rings. The van der Waals surface area contributed by atoms with Crippen LogP contribution in [0.25, 0.3) is 0 Å². The first-order valence-corrected chi connectivity index (χ1v) is 6.25. The van der Waals surface area contributed by atoms with Gasteiger partial charge in [-0.05, 0) is 41.6 Å². The molecule has 0 unspecified atom stereocenters. The highest BCUT2D eigenvalue weighted by atomic mass is 79.9. The molecular formula is C10H13BrClN3. The number of alkyl halides is 1. The second kappa shape index (κ2) is 4.66. The van der Waals surface area contributed by atoms with Crippen molar-refractivity contribution < 1.29 is 0 Å². The molecule has 0 atom stereocenters. The van der Waals surface area contributed by atoms with Crippen molar-refractivity contribution in [3.05, 3.63) is 16.4 Å². The number of aromatic nitrogens is 2. The molecule has 1 saturated carbocycles. The Morgan fingerprint density at radius 2 is 2.33 bits per heavy atom. The molecule has 82 valence electrons. The zero-order valence-corrected chi connectivity index (χ0v) is 10.8. The molecule has 0 aliphatic heterocycles. The summed E-state index contributed by atoms with van der Waals surface area (Å²) in [6.07, 6.45) is 3.98. The van der Waals surface area contributed by atoms with Gasteiger partial charge < -0.3 is 5.32 Å². The largest absolute Gasteiger partial charge is 0.354 e. The minimum Gasteiger partial charge on any atom is -0.354 e. The van der Waals surface area contributed by atoms with Crippen molar-refractivity contribution >= 4 is 33.5 Å². The molecule has 5 heteroatoms. The van der Waals surface area contributed by atoms with Crippen molar-refractivity contribution in [2.75, 3.05) is 11.9 Å². The number of halogens is 2. The molecule has 0 aromatic carbocycles. The number of rotatable bonds is 3. The summed E-state index contributed by atoms with van der Waals surface area (Å²) in [4.78, 5) is 8.51. The predicted molar refractivity (Wildman–Crippen MR) is 65.3 cm³/mol. The molecule has 1 aliphatic carbocycles. The van der Waals surface area contributed by atoms with Gasteiger partial charge in [-0.2, -0.15) is 0 Å². The Hall–Kier alpha value is -0.350. The van der Waals surface area contributed by atoms with E-state index in [0.29, 0.717) is 17.2 Å². The van der Waals surface area contributed by atoms with Crippen LogP contribution >= 0.6 is 27.5 Å². The maximum Gasteiger partial charge on any atom is 0.222 e. The van der Waals surface area contributed by atoms with Crippen LogP contribution in [-0.2, 0) is 0 Å². The van der Waals surface area contributed by atoms with E-state index in [4.69, 9.17) is 11.6 Å². The molecule has 0 saturated heterocycles. The third-order valence-electron chi connectivity index (χ3n) is 2.65. The van der Waals surface area contributed by atoms with Crippen LogP contribution in [-0.4, -0.2) is 21.9 Å². The van der Waals surface area contributed by atoms with Crippen molar-refractivity contribution in [1.82, 2.24) is 9.97 Å².